The Morgan fingerprint density at radius 1 is 1.12 bits per heavy atom. The summed E-state index contributed by atoms with van der Waals surface area (Å²) in [5.74, 6) is -9.56. The van der Waals surface area contributed by atoms with Crippen LogP contribution in [0.15, 0.2) is 0 Å². The molecule has 0 spiro atoms. The van der Waals surface area contributed by atoms with Gasteiger partial charge in [0.1, 0.15) is 0 Å². The van der Waals surface area contributed by atoms with Gasteiger partial charge in [0.05, 0.1) is 6.42 Å². The molecule has 0 aromatic heterocycles. The van der Waals surface area contributed by atoms with Crippen LogP contribution in [-0.4, -0.2) is 34.6 Å². The SMILES string of the molecule is CC(C)(CC(=O)O)NC(=O)C(F)(F)C(F)(F)F. The number of amides is 1. The van der Waals surface area contributed by atoms with Crippen molar-refractivity contribution in [1.82, 2.24) is 5.32 Å². The van der Waals surface area contributed by atoms with Gasteiger partial charge in [-0.1, -0.05) is 0 Å². The quantitative estimate of drug-likeness (QED) is 0.756. The molecule has 0 aromatic carbocycles. The van der Waals surface area contributed by atoms with Crippen LogP contribution in [0.5, 0.6) is 0 Å². The number of aliphatic carboxylic acids is 1. The zero-order valence-corrected chi connectivity index (χ0v) is 8.86. The predicted octanol–water partition coefficient (Wildman–Crippen LogP) is 1.55. The normalized spacial score (nSPS) is 13.4. The molecule has 17 heavy (non-hydrogen) atoms. The molecule has 0 saturated carbocycles. The molecular weight excluding hydrogens is 253 g/mol. The molecule has 0 aromatic rings. The van der Waals surface area contributed by atoms with Crippen LogP contribution < -0.4 is 5.32 Å². The molecule has 0 aliphatic heterocycles. The molecule has 0 heterocycles. The van der Waals surface area contributed by atoms with Crippen molar-refractivity contribution in [3.05, 3.63) is 0 Å². The van der Waals surface area contributed by atoms with Crippen LogP contribution in [-0.2, 0) is 9.59 Å². The second kappa shape index (κ2) is 4.46. The molecule has 0 aliphatic rings. The average molecular weight is 263 g/mol. The van der Waals surface area contributed by atoms with Gasteiger partial charge >= 0.3 is 24.0 Å². The molecule has 0 aliphatic carbocycles. The third-order valence-electron chi connectivity index (χ3n) is 1.69. The first-order valence-electron chi connectivity index (χ1n) is 4.28. The third-order valence-corrected chi connectivity index (χ3v) is 1.69. The van der Waals surface area contributed by atoms with Crippen LogP contribution in [0.3, 0.4) is 0 Å². The lowest BCUT2D eigenvalue weighted by Gasteiger charge is -2.27. The summed E-state index contributed by atoms with van der Waals surface area (Å²) in [6.45, 7) is 2.04. The molecule has 0 radical (unpaired) electrons. The van der Waals surface area contributed by atoms with E-state index in [1.165, 1.54) is 5.32 Å². The number of hydrogen-bond acceptors (Lipinski definition) is 2. The Kier molecular flexibility index (Phi) is 4.09. The average Bonchev–Trinajstić information content (AvgIpc) is 1.97. The number of carboxylic acids is 1. The maximum Gasteiger partial charge on any atom is 0.463 e. The number of hydrogen-bond donors (Lipinski definition) is 2. The van der Waals surface area contributed by atoms with Crippen molar-refractivity contribution >= 4 is 11.9 Å². The summed E-state index contributed by atoms with van der Waals surface area (Å²) in [6.07, 6.45) is -6.80. The lowest BCUT2D eigenvalue weighted by molar-refractivity contribution is -0.270. The van der Waals surface area contributed by atoms with Gasteiger partial charge in [-0.05, 0) is 13.8 Å². The molecule has 0 unspecified atom stereocenters. The maximum absolute atomic E-state index is 12.5. The van der Waals surface area contributed by atoms with E-state index in [2.05, 4.69) is 0 Å². The van der Waals surface area contributed by atoms with E-state index in [1.807, 2.05) is 0 Å². The first-order chi connectivity index (χ1) is 7.29. The van der Waals surface area contributed by atoms with Crippen LogP contribution in [0.1, 0.15) is 20.3 Å². The molecule has 4 nitrogen and oxygen atoms in total. The Balaban J connectivity index is 4.82. The molecule has 0 rings (SSSR count). The monoisotopic (exact) mass is 263 g/mol. The zero-order valence-electron chi connectivity index (χ0n) is 8.86. The molecular formula is C8H10F5NO3. The van der Waals surface area contributed by atoms with Gasteiger partial charge in [-0.25, -0.2) is 0 Å². The molecule has 0 fully saturated rings. The number of carbonyl (C=O) groups is 2. The number of alkyl halides is 5. The third kappa shape index (κ3) is 4.16. The van der Waals surface area contributed by atoms with Crippen LogP contribution in [0, 0.1) is 0 Å². The summed E-state index contributed by atoms with van der Waals surface area (Å²) in [5.41, 5.74) is -1.71. The predicted molar refractivity (Wildman–Crippen MR) is 45.5 cm³/mol. The van der Waals surface area contributed by atoms with Gasteiger partial charge in [0.15, 0.2) is 0 Å². The highest BCUT2D eigenvalue weighted by molar-refractivity contribution is 5.85. The number of rotatable bonds is 4. The van der Waals surface area contributed by atoms with Gasteiger partial charge in [0.25, 0.3) is 0 Å². The minimum absolute atomic E-state index is 0.785. The maximum atomic E-state index is 12.5. The van der Waals surface area contributed by atoms with E-state index in [1.54, 1.807) is 0 Å². The zero-order chi connectivity index (χ0) is 14.1. The summed E-state index contributed by atoms with van der Waals surface area (Å²) < 4.78 is 60.4. The first kappa shape index (κ1) is 15.6. The van der Waals surface area contributed by atoms with Gasteiger partial charge in [-0.3, -0.25) is 9.59 Å². The number of nitrogens with one attached hydrogen (secondary N) is 1. The smallest absolute Gasteiger partial charge is 0.463 e. The van der Waals surface area contributed by atoms with Crippen molar-refractivity contribution in [3.63, 3.8) is 0 Å². The van der Waals surface area contributed by atoms with Crippen molar-refractivity contribution in [2.45, 2.75) is 37.9 Å². The largest absolute Gasteiger partial charge is 0.481 e. The Morgan fingerprint density at radius 3 is 1.82 bits per heavy atom. The molecule has 0 atom stereocenters. The first-order valence-corrected chi connectivity index (χ1v) is 4.28. The van der Waals surface area contributed by atoms with Crippen LogP contribution >= 0.6 is 0 Å². The number of carboxylic acid groups (broad SMARTS) is 1. The Hall–Kier alpha value is -1.41. The molecule has 0 bridgehead atoms. The topological polar surface area (TPSA) is 66.4 Å². The highest BCUT2D eigenvalue weighted by atomic mass is 19.4. The fraction of sp³-hybridized carbons (Fsp3) is 0.750. The second-order valence-electron chi connectivity index (χ2n) is 3.98. The van der Waals surface area contributed by atoms with Crippen molar-refractivity contribution in [2.24, 2.45) is 0 Å². The van der Waals surface area contributed by atoms with Crippen molar-refractivity contribution in [2.75, 3.05) is 0 Å². The fourth-order valence-electron chi connectivity index (χ4n) is 0.937. The Morgan fingerprint density at radius 2 is 1.53 bits per heavy atom. The minimum atomic E-state index is -6.02. The Labute approximate surface area is 92.8 Å². The van der Waals surface area contributed by atoms with E-state index in [4.69, 9.17) is 5.11 Å². The summed E-state index contributed by atoms with van der Waals surface area (Å²) in [6, 6.07) is 0. The molecule has 9 heteroatoms. The van der Waals surface area contributed by atoms with Gasteiger partial charge in [-0.15, -0.1) is 0 Å². The van der Waals surface area contributed by atoms with E-state index < -0.39 is 35.9 Å². The van der Waals surface area contributed by atoms with Crippen LogP contribution in [0.4, 0.5) is 22.0 Å². The Bertz CT molecular complexity index is 324. The lowest BCUT2D eigenvalue weighted by Crippen LogP contribution is -2.56. The summed E-state index contributed by atoms with van der Waals surface area (Å²) in [7, 11) is 0. The standard InChI is InChI=1S/C8H10F5NO3/c1-6(2,3-4(15)16)14-5(17)7(9,10)8(11,12)13/h3H2,1-2H3,(H,14,17)(H,15,16). The van der Waals surface area contributed by atoms with Crippen molar-refractivity contribution < 1.29 is 36.6 Å². The number of halogens is 5. The van der Waals surface area contributed by atoms with E-state index in [0.29, 0.717) is 0 Å². The van der Waals surface area contributed by atoms with E-state index in [-0.39, 0.29) is 0 Å². The van der Waals surface area contributed by atoms with Gasteiger partial charge in [0, 0.05) is 5.54 Å². The molecule has 100 valence electrons. The van der Waals surface area contributed by atoms with Crippen LogP contribution in [0.2, 0.25) is 0 Å². The van der Waals surface area contributed by atoms with E-state index in [0.717, 1.165) is 13.8 Å². The lowest BCUT2D eigenvalue weighted by atomic mass is 10.0. The fourth-order valence-corrected chi connectivity index (χ4v) is 0.937. The van der Waals surface area contributed by atoms with Gasteiger partial charge < -0.3 is 10.4 Å². The van der Waals surface area contributed by atoms with Gasteiger partial charge in [-0.2, -0.15) is 22.0 Å². The van der Waals surface area contributed by atoms with E-state index in [9.17, 15) is 31.5 Å². The van der Waals surface area contributed by atoms with E-state index >= 15 is 0 Å². The summed E-state index contributed by atoms with van der Waals surface area (Å²) >= 11 is 0. The van der Waals surface area contributed by atoms with Crippen molar-refractivity contribution in [3.8, 4) is 0 Å². The molecule has 1 amide bonds. The second-order valence-corrected chi connectivity index (χ2v) is 3.98. The molecule has 0 saturated heterocycles. The summed E-state index contributed by atoms with van der Waals surface area (Å²) in [4.78, 5) is 21.0. The van der Waals surface area contributed by atoms with Crippen LogP contribution in [0.25, 0.3) is 0 Å². The minimum Gasteiger partial charge on any atom is -0.481 e. The summed E-state index contributed by atoms with van der Waals surface area (Å²) in [5, 5.41) is 9.71. The number of carbonyl (C=O) groups excluding carboxylic acids is 1. The highest BCUT2D eigenvalue weighted by Crippen LogP contribution is 2.35. The van der Waals surface area contributed by atoms with Gasteiger partial charge in [0.2, 0.25) is 0 Å². The van der Waals surface area contributed by atoms with Crippen molar-refractivity contribution in [1.29, 1.82) is 0 Å². The molecule has 2 N–H and O–H groups in total. The highest BCUT2D eigenvalue weighted by Gasteiger charge is 2.63.